The van der Waals surface area contributed by atoms with Crippen molar-refractivity contribution in [2.45, 2.75) is 12.8 Å². The summed E-state index contributed by atoms with van der Waals surface area (Å²) in [5, 5.41) is 0. The van der Waals surface area contributed by atoms with Crippen LogP contribution in [-0.4, -0.2) is 14.2 Å². The van der Waals surface area contributed by atoms with Gasteiger partial charge in [0, 0.05) is 17.0 Å². The Morgan fingerprint density at radius 2 is 1.86 bits per heavy atom. The molecule has 4 heteroatoms. The minimum absolute atomic E-state index is 0.298. The lowest BCUT2D eigenvalue weighted by Gasteiger charge is -2.23. The van der Waals surface area contributed by atoms with Gasteiger partial charge in [0.25, 0.3) is 0 Å². The lowest BCUT2D eigenvalue weighted by atomic mass is 9.95. The molecule has 0 aromatic heterocycles. The van der Waals surface area contributed by atoms with Crippen molar-refractivity contribution in [3.63, 3.8) is 0 Å². The van der Waals surface area contributed by atoms with Gasteiger partial charge in [-0.1, -0.05) is 25.1 Å². The summed E-state index contributed by atoms with van der Waals surface area (Å²) in [6, 6.07) is 12.0. The second-order valence-corrected chi connectivity index (χ2v) is 6.01. The Balaban J connectivity index is 2.04. The van der Waals surface area contributed by atoms with Crippen LogP contribution < -0.4 is 14.2 Å². The zero-order valence-electron chi connectivity index (χ0n) is 12.7. The third-order valence-electron chi connectivity index (χ3n) is 3.75. The highest BCUT2D eigenvalue weighted by molar-refractivity contribution is 9.10. The number of benzene rings is 2. The van der Waals surface area contributed by atoms with E-state index in [1.54, 1.807) is 14.2 Å². The van der Waals surface area contributed by atoms with Crippen molar-refractivity contribution < 1.29 is 14.2 Å². The summed E-state index contributed by atoms with van der Waals surface area (Å²) in [5.74, 6) is 3.37. The van der Waals surface area contributed by atoms with E-state index < -0.39 is 0 Å². The molecule has 0 saturated carbocycles. The highest BCUT2D eigenvalue weighted by Crippen LogP contribution is 2.41. The fraction of sp³-hybridized carbons (Fsp3) is 0.222. The third-order valence-corrected chi connectivity index (χ3v) is 4.34. The fourth-order valence-electron chi connectivity index (χ4n) is 2.63. The Hall–Kier alpha value is -1.94. The van der Waals surface area contributed by atoms with Crippen LogP contribution in [0.2, 0.25) is 0 Å². The van der Waals surface area contributed by atoms with Crippen molar-refractivity contribution in [1.29, 1.82) is 0 Å². The number of methoxy groups -OCH3 is 2. The van der Waals surface area contributed by atoms with Crippen molar-refractivity contribution >= 4 is 21.7 Å². The molecule has 22 heavy (non-hydrogen) atoms. The van der Waals surface area contributed by atoms with Crippen LogP contribution in [0.25, 0.3) is 5.76 Å². The zero-order chi connectivity index (χ0) is 15.7. The maximum absolute atomic E-state index is 6.06. The van der Waals surface area contributed by atoms with E-state index in [0.29, 0.717) is 17.4 Å². The average molecular weight is 361 g/mol. The molecule has 2 aromatic carbocycles. The summed E-state index contributed by atoms with van der Waals surface area (Å²) in [4.78, 5) is 0. The van der Waals surface area contributed by atoms with Crippen LogP contribution in [0.4, 0.5) is 0 Å². The molecule has 1 aliphatic heterocycles. The Morgan fingerprint density at radius 3 is 2.59 bits per heavy atom. The summed E-state index contributed by atoms with van der Waals surface area (Å²) < 4.78 is 17.7. The molecule has 0 aliphatic carbocycles. The summed E-state index contributed by atoms with van der Waals surface area (Å²) in [6.07, 6.45) is 2.12. The van der Waals surface area contributed by atoms with Crippen molar-refractivity contribution in [1.82, 2.24) is 0 Å². The quantitative estimate of drug-likeness (QED) is 0.770. The van der Waals surface area contributed by atoms with Crippen LogP contribution >= 0.6 is 15.9 Å². The first kappa shape index (κ1) is 15.0. The predicted molar refractivity (Wildman–Crippen MR) is 90.7 cm³/mol. The smallest absolute Gasteiger partial charge is 0.174 e. The number of para-hydroxylation sites is 1. The van der Waals surface area contributed by atoms with Gasteiger partial charge in [-0.2, -0.15) is 0 Å². The van der Waals surface area contributed by atoms with E-state index in [4.69, 9.17) is 14.2 Å². The van der Waals surface area contributed by atoms with E-state index in [2.05, 4.69) is 35.0 Å². The van der Waals surface area contributed by atoms with Crippen molar-refractivity contribution in [3.05, 3.63) is 58.1 Å². The molecule has 1 atom stereocenters. The Bertz CT molecular complexity index is 737. The van der Waals surface area contributed by atoms with Gasteiger partial charge in [-0.05, 0) is 40.2 Å². The number of ether oxygens (including phenoxy) is 3. The monoisotopic (exact) mass is 360 g/mol. The molecule has 0 spiro atoms. The van der Waals surface area contributed by atoms with Gasteiger partial charge in [0.05, 0.1) is 18.7 Å². The first-order valence-corrected chi connectivity index (χ1v) is 7.84. The largest absolute Gasteiger partial charge is 0.493 e. The summed E-state index contributed by atoms with van der Waals surface area (Å²) >= 11 is 3.52. The Labute approximate surface area is 138 Å². The third kappa shape index (κ3) is 2.59. The van der Waals surface area contributed by atoms with Gasteiger partial charge in [-0.15, -0.1) is 0 Å². The van der Waals surface area contributed by atoms with Crippen LogP contribution in [-0.2, 0) is 0 Å². The summed E-state index contributed by atoms with van der Waals surface area (Å²) in [5.41, 5.74) is 2.15. The molecule has 1 unspecified atom stereocenters. The average Bonchev–Trinajstić information content (AvgIpc) is 2.54. The van der Waals surface area contributed by atoms with Gasteiger partial charge in [-0.3, -0.25) is 0 Å². The van der Waals surface area contributed by atoms with Crippen LogP contribution in [0, 0.1) is 0 Å². The minimum atomic E-state index is 0.298. The number of hydrogen-bond acceptors (Lipinski definition) is 3. The maximum Gasteiger partial charge on any atom is 0.174 e. The number of allylic oxidation sites excluding steroid dienone is 1. The lowest BCUT2D eigenvalue weighted by molar-refractivity contribution is 0.352. The topological polar surface area (TPSA) is 27.7 Å². The van der Waals surface area contributed by atoms with Gasteiger partial charge in [0.15, 0.2) is 11.5 Å². The van der Waals surface area contributed by atoms with Gasteiger partial charge in [0.2, 0.25) is 0 Å². The SMILES string of the molecule is COc1cc(C2=CC(C)c3ccccc3O2)cc(Br)c1OC. The molecule has 0 bridgehead atoms. The van der Waals surface area contributed by atoms with Crippen LogP contribution in [0.1, 0.15) is 24.0 Å². The molecule has 114 valence electrons. The predicted octanol–water partition coefficient (Wildman–Crippen LogP) is 5.00. The van der Waals surface area contributed by atoms with E-state index in [1.807, 2.05) is 30.3 Å². The standard InChI is InChI=1S/C18H17BrO3/c1-11-8-16(22-15-7-5-4-6-13(11)15)12-9-14(19)18(21-3)17(10-12)20-2/h4-11H,1-3H3. The van der Waals surface area contributed by atoms with E-state index in [1.165, 1.54) is 5.56 Å². The van der Waals surface area contributed by atoms with E-state index in [-0.39, 0.29) is 0 Å². The second kappa shape index (κ2) is 6.05. The van der Waals surface area contributed by atoms with Crippen LogP contribution in [0.5, 0.6) is 17.2 Å². The highest BCUT2D eigenvalue weighted by atomic mass is 79.9. The van der Waals surface area contributed by atoms with Gasteiger partial charge < -0.3 is 14.2 Å². The number of halogens is 1. The Kier molecular flexibility index (Phi) is 4.12. The van der Waals surface area contributed by atoms with E-state index >= 15 is 0 Å². The highest BCUT2D eigenvalue weighted by Gasteiger charge is 2.21. The van der Waals surface area contributed by atoms with Crippen molar-refractivity contribution in [3.8, 4) is 17.2 Å². The molecule has 0 radical (unpaired) electrons. The van der Waals surface area contributed by atoms with Crippen LogP contribution in [0.3, 0.4) is 0 Å². The molecule has 3 rings (SSSR count). The molecule has 1 aliphatic rings. The van der Waals surface area contributed by atoms with E-state index in [0.717, 1.165) is 21.5 Å². The van der Waals surface area contributed by atoms with E-state index in [9.17, 15) is 0 Å². The molecule has 0 saturated heterocycles. The van der Waals surface area contributed by atoms with Crippen LogP contribution in [0.15, 0.2) is 46.9 Å². The number of rotatable bonds is 3. The molecule has 1 heterocycles. The zero-order valence-corrected chi connectivity index (χ0v) is 14.3. The number of fused-ring (bicyclic) bond motifs is 1. The normalized spacial score (nSPS) is 16.4. The molecular weight excluding hydrogens is 344 g/mol. The van der Waals surface area contributed by atoms with Crippen molar-refractivity contribution in [2.75, 3.05) is 14.2 Å². The summed E-state index contributed by atoms with van der Waals surface area (Å²) in [7, 11) is 3.25. The van der Waals surface area contributed by atoms with Gasteiger partial charge >= 0.3 is 0 Å². The second-order valence-electron chi connectivity index (χ2n) is 5.15. The molecule has 2 aromatic rings. The molecule has 0 fully saturated rings. The molecular formula is C18H17BrO3. The minimum Gasteiger partial charge on any atom is -0.493 e. The maximum atomic E-state index is 6.06. The molecule has 0 amide bonds. The van der Waals surface area contributed by atoms with Crippen molar-refractivity contribution in [2.24, 2.45) is 0 Å². The fourth-order valence-corrected chi connectivity index (χ4v) is 3.24. The first-order valence-electron chi connectivity index (χ1n) is 7.04. The Morgan fingerprint density at radius 1 is 1.09 bits per heavy atom. The molecule has 0 N–H and O–H groups in total. The lowest BCUT2D eigenvalue weighted by Crippen LogP contribution is -2.07. The first-order chi connectivity index (χ1) is 10.6. The number of hydrogen-bond donors (Lipinski definition) is 0. The van der Waals surface area contributed by atoms with Gasteiger partial charge in [0.1, 0.15) is 11.5 Å². The summed E-state index contributed by atoms with van der Waals surface area (Å²) in [6.45, 7) is 2.16. The van der Waals surface area contributed by atoms with Gasteiger partial charge in [-0.25, -0.2) is 0 Å². The molecule has 3 nitrogen and oxygen atoms in total.